The van der Waals surface area contributed by atoms with Crippen LogP contribution in [0.15, 0.2) is 12.2 Å². The summed E-state index contributed by atoms with van der Waals surface area (Å²) in [6, 6.07) is 0. The second kappa shape index (κ2) is 7.61. The number of rotatable bonds is 6. The summed E-state index contributed by atoms with van der Waals surface area (Å²) in [4.78, 5) is 0. The Morgan fingerprint density at radius 1 is 0.968 bits per heavy atom. The Hall–Kier alpha value is -0.300. The van der Waals surface area contributed by atoms with E-state index >= 15 is 0 Å². The first-order valence-corrected chi connectivity index (χ1v) is 13.9. The molecule has 0 aromatic rings. The zero-order valence-electron chi connectivity index (χ0n) is 21.6. The zero-order chi connectivity index (χ0) is 22.2. The molecule has 1 heteroatoms. The van der Waals surface area contributed by atoms with Gasteiger partial charge in [-0.1, -0.05) is 53.7 Å². The van der Waals surface area contributed by atoms with E-state index < -0.39 is 0 Å². The van der Waals surface area contributed by atoms with Crippen LogP contribution in [0.3, 0.4) is 0 Å². The normalized spacial score (nSPS) is 52.5. The van der Waals surface area contributed by atoms with Crippen molar-refractivity contribution in [3.05, 3.63) is 12.2 Å². The van der Waals surface area contributed by atoms with Gasteiger partial charge in [-0.15, -0.1) is 0 Å². The molecule has 176 valence electrons. The van der Waals surface area contributed by atoms with Gasteiger partial charge in [-0.25, -0.2) is 0 Å². The predicted molar refractivity (Wildman–Crippen MR) is 131 cm³/mol. The molecule has 0 aromatic heterocycles. The lowest BCUT2D eigenvalue weighted by molar-refractivity contribution is -0.160. The van der Waals surface area contributed by atoms with Gasteiger partial charge in [0.1, 0.15) is 0 Å². The second-order valence-corrected chi connectivity index (χ2v) is 13.5. The van der Waals surface area contributed by atoms with Crippen LogP contribution < -0.4 is 0 Å². The molecule has 5 fully saturated rings. The standard InChI is InChI=1S/C30H50O/c1-8-21(19(2)3)10-9-20(4)24-11-12-25-23-17-27(31-7)30-18-22(30)13-16-29(30,6)26(23)14-15-28(24,25)5/h9-10,19-27H,8,11-18H2,1-7H3/b10-9+/t20?,21?,22-,23?,24?,25?,26?,27?,28-,29-,30?/m1/s1. The lowest BCUT2D eigenvalue weighted by atomic mass is 9.45. The molecule has 5 aliphatic carbocycles. The van der Waals surface area contributed by atoms with Crippen LogP contribution in [-0.4, -0.2) is 13.2 Å². The van der Waals surface area contributed by atoms with Crippen molar-refractivity contribution in [1.82, 2.24) is 0 Å². The first kappa shape index (κ1) is 22.5. The average Bonchev–Trinajstić information content (AvgIpc) is 3.24. The van der Waals surface area contributed by atoms with E-state index in [1.165, 1.54) is 57.8 Å². The Kier molecular flexibility index (Phi) is 5.52. The SMILES string of the molecule is CCC(/C=C/C(C)C1CCC2C3CC(OC)C45C[C@H]4CC[C@]5(C)C3CC[C@]12C)C(C)C. The van der Waals surface area contributed by atoms with Crippen molar-refractivity contribution in [1.29, 1.82) is 0 Å². The van der Waals surface area contributed by atoms with Crippen molar-refractivity contribution in [3.63, 3.8) is 0 Å². The number of allylic oxidation sites excluding steroid dienone is 2. The van der Waals surface area contributed by atoms with Gasteiger partial charge in [0, 0.05) is 12.5 Å². The van der Waals surface area contributed by atoms with Gasteiger partial charge in [-0.05, 0) is 116 Å². The van der Waals surface area contributed by atoms with Crippen molar-refractivity contribution in [2.24, 2.45) is 63.6 Å². The van der Waals surface area contributed by atoms with E-state index in [0.29, 0.717) is 22.3 Å². The molecular weight excluding hydrogens is 376 g/mol. The minimum atomic E-state index is 0.543. The van der Waals surface area contributed by atoms with Crippen molar-refractivity contribution in [3.8, 4) is 0 Å². The van der Waals surface area contributed by atoms with Gasteiger partial charge >= 0.3 is 0 Å². The van der Waals surface area contributed by atoms with Gasteiger partial charge in [0.05, 0.1) is 6.10 Å². The van der Waals surface area contributed by atoms with Crippen LogP contribution in [0.1, 0.15) is 99.3 Å². The fraction of sp³-hybridized carbons (Fsp3) is 0.933. The minimum absolute atomic E-state index is 0.543. The highest BCUT2D eigenvalue weighted by Crippen LogP contribution is 2.82. The van der Waals surface area contributed by atoms with Gasteiger partial charge in [-0.3, -0.25) is 0 Å². The third kappa shape index (κ3) is 2.96. The molecule has 0 radical (unpaired) electrons. The molecule has 1 spiro atoms. The van der Waals surface area contributed by atoms with E-state index in [1.54, 1.807) is 0 Å². The molecule has 0 amide bonds. The van der Waals surface area contributed by atoms with Crippen LogP contribution in [-0.2, 0) is 4.74 Å². The van der Waals surface area contributed by atoms with Gasteiger partial charge in [0.2, 0.25) is 0 Å². The molecule has 8 unspecified atom stereocenters. The second-order valence-electron chi connectivity index (χ2n) is 13.5. The van der Waals surface area contributed by atoms with E-state index in [0.717, 1.165) is 47.3 Å². The highest BCUT2D eigenvalue weighted by atomic mass is 16.5. The summed E-state index contributed by atoms with van der Waals surface area (Å²) in [6.07, 6.45) is 18.7. The van der Waals surface area contributed by atoms with Gasteiger partial charge in [-0.2, -0.15) is 0 Å². The van der Waals surface area contributed by atoms with E-state index in [2.05, 4.69) is 53.7 Å². The lowest BCUT2D eigenvalue weighted by Crippen LogP contribution is -2.57. The van der Waals surface area contributed by atoms with Crippen molar-refractivity contribution in [2.75, 3.05) is 7.11 Å². The van der Waals surface area contributed by atoms with Crippen molar-refractivity contribution in [2.45, 2.75) is 105 Å². The number of fused-ring (bicyclic) bond motifs is 4. The maximum absolute atomic E-state index is 6.31. The summed E-state index contributed by atoms with van der Waals surface area (Å²) >= 11 is 0. The van der Waals surface area contributed by atoms with Gasteiger partial charge in [0.25, 0.3) is 0 Å². The van der Waals surface area contributed by atoms with Crippen LogP contribution >= 0.6 is 0 Å². The van der Waals surface area contributed by atoms with E-state index in [9.17, 15) is 0 Å². The summed E-state index contributed by atoms with van der Waals surface area (Å²) in [5.41, 5.74) is 1.68. The molecule has 0 aromatic carbocycles. The monoisotopic (exact) mass is 426 g/mol. The van der Waals surface area contributed by atoms with Crippen LogP contribution in [0.5, 0.6) is 0 Å². The summed E-state index contributed by atoms with van der Waals surface area (Å²) in [5, 5.41) is 0. The molecule has 5 rings (SSSR count). The number of ether oxygens (including phenoxy) is 1. The highest BCUT2D eigenvalue weighted by molar-refractivity contribution is 5.26. The molecule has 0 bridgehead atoms. The van der Waals surface area contributed by atoms with Gasteiger partial charge in [0.15, 0.2) is 0 Å². The van der Waals surface area contributed by atoms with E-state index in [1.807, 2.05) is 7.11 Å². The fourth-order valence-electron chi connectivity index (χ4n) is 10.8. The van der Waals surface area contributed by atoms with Gasteiger partial charge < -0.3 is 4.74 Å². The van der Waals surface area contributed by atoms with E-state index in [-0.39, 0.29) is 0 Å². The third-order valence-corrected chi connectivity index (χ3v) is 12.5. The van der Waals surface area contributed by atoms with Crippen molar-refractivity contribution < 1.29 is 4.74 Å². The smallest absolute Gasteiger partial charge is 0.0638 e. The Labute approximate surface area is 193 Å². The zero-order valence-corrected chi connectivity index (χ0v) is 21.6. The molecule has 0 heterocycles. The van der Waals surface area contributed by atoms with Crippen LogP contribution in [0, 0.1) is 63.6 Å². The molecule has 0 N–H and O–H groups in total. The molecule has 11 atom stereocenters. The fourth-order valence-corrected chi connectivity index (χ4v) is 10.8. The maximum Gasteiger partial charge on any atom is 0.0638 e. The molecule has 31 heavy (non-hydrogen) atoms. The topological polar surface area (TPSA) is 9.23 Å². The molecule has 5 saturated carbocycles. The Morgan fingerprint density at radius 2 is 1.74 bits per heavy atom. The number of hydrogen-bond acceptors (Lipinski definition) is 1. The summed E-state index contributed by atoms with van der Waals surface area (Å²) in [7, 11) is 2.03. The molecule has 0 saturated heterocycles. The third-order valence-electron chi connectivity index (χ3n) is 12.5. The maximum atomic E-state index is 6.31. The summed E-state index contributed by atoms with van der Waals surface area (Å²) in [5.74, 6) is 6.92. The van der Waals surface area contributed by atoms with Crippen LogP contribution in [0.4, 0.5) is 0 Å². The highest BCUT2D eigenvalue weighted by Gasteiger charge is 2.77. The van der Waals surface area contributed by atoms with Crippen LogP contribution in [0.2, 0.25) is 0 Å². The molecule has 0 aliphatic heterocycles. The number of methoxy groups -OCH3 is 1. The molecule has 5 aliphatic rings. The Bertz CT molecular complexity index is 709. The van der Waals surface area contributed by atoms with E-state index in [4.69, 9.17) is 4.74 Å². The molecule has 1 nitrogen and oxygen atoms in total. The minimum Gasteiger partial charge on any atom is -0.381 e. The van der Waals surface area contributed by atoms with Crippen LogP contribution in [0.25, 0.3) is 0 Å². The summed E-state index contributed by atoms with van der Waals surface area (Å²) < 4.78 is 6.31. The first-order valence-electron chi connectivity index (χ1n) is 13.9. The average molecular weight is 427 g/mol. The predicted octanol–water partition coefficient (Wildman–Crippen LogP) is 8.14. The summed E-state index contributed by atoms with van der Waals surface area (Å²) in [6.45, 7) is 15.1. The first-order chi connectivity index (χ1) is 14.7. The quantitative estimate of drug-likeness (QED) is 0.389. The Balaban J connectivity index is 1.37. The Morgan fingerprint density at radius 3 is 2.39 bits per heavy atom. The largest absolute Gasteiger partial charge is 0.381 e. The van der Waals surface area contributed by atoms with Crippen molar-refractivity contribution >= 4 is 0 Å². The number of hydrogen-bond donors (Lipinski definition) is 0. The molecular formula is C30H50O. The lowest BCUT2D eigenvalue weighted by Gasteiger charge is -2.61.